The van der Waals surface area contributed by atoms with E-state index in [9.17, 15) is 0 Å². The van der Waals surface area contributed by atoms with Gasteiger partial charge in [-0.05, 0) is 36.9 Å². The number of rotatable bonds is 3. The summed E-state index contributed by atoms with van der Waals surface area (Å²) >= 11 is 0. The lowest BCUT2D eigenvalue weighted by molar-refractivity contribution is 0.366. The molecule has 1 nitrogen and oxygen atoms in total. The Morgan fingerprint density at radius 2 is 1.41 bits per heavy atom. The van der Waals surface area contributed by atoms with Crippen molar-refractivity contribution in [3.63, 3.8) is 0 Å². The van der Waals surface area contributed by atoms with Gasteiger partial charge in [0, 0.05) is 17.7 Å². The van der Waals surface area contributed by atoms with Gasteiger partial charge in [0.15, 0.2) is 0 Å². The molecule has 2 radical (unpaired) electrons. The Bertz CT molecular complexity index is 666. The number of allylic oxidation sites excluding steroid dienone is 1. The minimum Gasteiger partial charge on any atom is -0.412 e. The van der Waals surface area contributed by atoms with Crippen molar-refractivity contribution in [2.45, 2.75) is 6.92 Å². The van der Waals surface area contributed by atoms with E-state index in [1.807, 2.05) is 73.3 Å². The normalized spacial score (nSPS) is 8.95. The van der Waals surface area contributed by atoms with Gasteiger partial charge in [0.05, 0.1) is 5.57 Å². The van der Waals surface area contributed by atoms with Gasteiger partial charge in [-0.3, -0.25) is 0 Å². The van der Waals surface area contributed by atoms with Gasteiger partial charge in [0.1, 0.15) is 0 Å². The van der Waals surface area contributed by atoms with Crippen molar-refractivity contribution in [3.8, 4) is 23.7 Å². The Morgan fingerprint density at radius 1 is 0.909 bits per heavy atom. The molecule has 0 aliphatic carbocycles. The van der Waals surface area contributed by atoms with Crippen LogP contribution in [-0.4, -0.2) is 16.4 Å². The topological polar surface area (TPSA) is 9.23 Å². The van der Waals surface area contributed by atoms with Crippen LogP contribution in [0.4, 0.5) is 0 Å². The number of benzene rings is 2. The van der Waals surface area contributed by atoms with E-state index < -0.39 is 0 Å². The van der Waals surface area contributed by atoms with Gasteiger partial charge in [-0.15, -0.1) is 0 Å². The molecular formula is C20H16OSi. The van der Waals surface area contributed by atoms with E-state index in [-0.39, 0.29) is 9.76 Å². The quantitative estimate of drug-likeness (QED) is 0.478. The van der Waals surface area contributed by atoms with E-state index in [0.29, 0.717) is 6.61 Å². The molecule has 0 N–H and O–H groups in total. The van der Waals surface area contributed by atoms with Crippen LogP contribution in [0.25, 0.3) is 0 Å². The molecule has 0 bridgehead atoms. The summed E-state index contributed by atoms with van der Waals surface area (Å²) < 4.78 is 5.38. The molecule has 22 heavy (non-hydrogen) atoms. The van der Waals surface area contributed by atoms with E-state index >= 15 is 0 Å². The first-order valence-electron chi connectivity index (χ1n) is 7.10. The molecule has 0 aliphatic rings. The zero-order valence-corrected chi connectivity index (χ0v) is 13.5. The minimum atomic E-state index is 0.281. The summed E-state index contributed by atoms with van der Waals surface area (Å²) in [6.07, 6.45) is 0. The SMILES string of the molecule is CCO[Si]C=C(C#Cc1ccccc1)C#Cc1ccccc1. The zero-order chi connectivity index (χ0) is 15.5. The summed E-state index contributed by atoms with van der Waals surface area (Å²) in [7, 11) is 0.281. The third-order valence-corrected chi connectivity index (χ3v) is 3.52. The van der Waals surface area contributed by atoms with Crippen LogP contribution in [-0.2, 0) is 4.43 Å². The van der Waals surface area contributed by atoms with Gasteiger partial charge in [-0.25, -0.2) is 0 Å². The molecule has 106 valence electrons. The summed E-state index contributed by atoms with van der Waals surface area (Å²) in [5.74, 6) is 12.5. The summed E-state index contributed by atoms with van der Waals surface area (Å²) in [4.78, 5) is 0. The lowest BCUT2D eigenvalue weighted by Gasteiger charge is -1.92. The van der Waals surface area contributed by atoms with Crippen LogP contribution in [0.15, 0.2) is 71.9 Å². The Labute approximate surface area is 135 Å². The van der Waals surface area contributed by atoms with Gasteiger partial charge in [0.2, 0.25) is 0 Å². The fourth-order valence-electron chi connectivity index (χ4n) is 1.61. The molecule has 0 atom stereocenters. The molecule has 0 heterocycles. The lowest BCUT2D eigenvalue weighted by atomic mass is 10.2. The van der Waals surface area contributed by atoms with Crippen molar-refractivity contribution in [2.24, 2.45) is 0 Å². The molecule has 0 aliphatic heterocycles. The van der Waals surface area contributed by atoms with E-state index in [1.165, 1.54) is 0 Å². The Morgan fingerprint density at radius 3 is 1.86 bits per heavy atom. The van der Waals surface area contributed by atoms with Crippen LogP contribution in [0, 0.1) is 23.7 Å². The van der Waals surface area contributed by atoms with Gasteiger partial charge in [0.25, 0.3) is 9.76 Å². The highest BCUT2D eigenvalue weighted by Gasteiger charge is 1.90. The summed E-state index contributed by atoms with van der Waals surface area (Å²) in [6, 6.07) is 19.8. The Hall–Kier alpha value is -2.52. The van der Waals surface area contributed by atoms with E-state index in [2.05, 4.69) is 23.7 Å². The monoisotopic (exact) mass is 300 g/mol. The van der Waals surface area contributed by atoms with Crippen LogP contribution in [0.5, 0.6) is 0 Å². The standard InChI is InChI=1S/C20H16OSi/c1-2-21-22-17-20(15-13-18-9-5-3-6-10-18)16-14-19-11-7-4-8-12-19/h3-12,17H,2H2,1H3. The smallest absolute Gasteiger partial charge is 0.262 e. The van der Waals surface area contributed by atoms with Crippen LogP contribution in [0.2, 0.25) is 0 Å². The van der Waals surface area contributed by atoms with Gasteiger partial charge < -0.3 is 4.43 Å². The van der Waals surface area contributed by atoms with E-state index in [1.54, 1.807) is 0 Å². The highest BCUT2D eigenvalue weighted by atomic mass is 28.2. The fraction of sp³-hybridized carbons (Fsp3) is 0.100. The first-order chi connectivity index (χ1) is 10.9. The van der Waals surface area contributed by atoms with Crippen LogP contribution in [0.1, 0.15) is 18.1 Å². The molecule has 2 aromatic carbocycles. The Balaban J connectivity index is 2.19. The number of hydrogen-bond acceptors (Lipinski definition) is 1. The third kappa shape index (κ3) is 5.85. The van der Waals surface area contributed by atoms with Gasteiger partial charge >= 0.3 is 0 Å². The van der Waals surface area contributed by atoms with Gasteiger partial charge in [-0.2, -0.15) is 0 Å². The molecule has 0 saturated heterocycles. The lowest BCUT2D eigenvalue weighted by Crippen LogP contribution is -1.95. The molecule has 0 fully saturated rings. The molecule has 0 spiro atoms. The van der Waals surface area contributed by atoms with Crippen molar-refractivity contribution in [1.29, 1.82) is 0 Å². The second-order valence-corrected chi connectivity index (χ2v) is 5.15. The molecule has 0 saturated carbocycles. The van der Waals surface area contributed by atoms with Crippen molar-refractivity contribution in [1.82, 2.24) is 0 Å². The Kier molecular flexibility index (Phi) is 6.79. The maximum Gasteiger partial charge on any atom is 0.262 e. The molecule has 0 unspecified atom stereocenters. The van der Waals surface area contributed by atoms with Crippen molar-refractivity contribution in [3.05, 3.63) is 83.1 Å². The van der Waals surface area contributed by atoms with E-state index in [4.69, 9.17) is 4.43 Å². The molecule has 0 amide bonds. The second kappa shape index (κ2) is 9.42. The van der Waals surface area contributed by atoms with Crippen molar-refractivity contribution in [2.75, 3.05) is 6.61 Å². The molecule has 2 aromatic rings. The largest absolute Gasteiger partial charge is 0.412 e. The highest BCUT2D eigenvalue weighted by molar-refractivity contribution is 6.35. The predicted molar refractivity (Wildman–Crippen MR) is 92.1 cm³/mol. The third-order valence-electron chi connectivity index (χ3n) is 2.66. The molecule has 0 aromatic heterocycles. The average Bonchev–Trinajstić information content (AvgIpc) is 2.59. The van der Waals surface area contributed by atoms with Crippen molar-refractivity contribution < 1.29 is 4.43 Å². The first-order valence-corrected chi connectivity index (χ1v) is 8.08. The van der Waals surface area contributed by atoms with Crippen LogP contribution < -0.4 is 0 Å². The summed E-state index contributed by atoms with van der Waals surface area (Å²) in [5, 5.41) is 0. The number of hydrogen-bond donors (Lipinski definition) is 0. The van der Waals surface area contributed by atoms with Gasteiger partial charge in [-0.1, -0.05) is 60.1 Å². The summed E-state index contributed by atoms with van der Waals surface area (Å²) in [5.41, 5.74) is 4.71. The maximum absolute atomic E-state index is 5.38. The summed E-state index contributed by atoms with van der Waals surface area (Å²) in [6.45, 7) is 2.67. The van der Waals surface area contributed by atoms with Crippen molar-refractivity contribution >= 4 is 9.76 Å². The fourth-order valence-corrected chi connectivity index (χ4v) is 2.12. The molecule has 2 heteroatoms. The van der Waals surface area contributed by atoms with Crippen LogP contribution >= 0.6 is 0 Å². The predicted octanol–water partition coefficient (Wildman–Crippen LogP) is 3.63. The van der Waals surface area contributed by atoms with Crippen LogP contribution in [0.3, 0.4) is 0 Å². The average molecular weight is 300 g/mol. The highest BCUT2D eigenvalue weighted by Crippen LogP contribution is 1.99. The minimum absolute atomic E-state index is 0.281. The zero-order valence-electron chi connectivity index (χ0n) is 12.5. The second-order valence-electron chi connectivity index (χ2n) is 4.34. The molecule has 2 rings (SSSR count). The van der Waals surface area contributed by atoms with E-state index in [0.717, 1.165) is 16.7 Å². The maximum atomic E-state index is 5.38. The first kappa shape index (κ1) is 15.9. The molecular weight excluding hydrogens is 284 g/mol.